The van der Waals surface area contributed by atoms with Gasteiger partial charge in [0.2, 0.25) is 5.95 Å². The zero-order valence-corrected chi connectivity index (χ0v) is 22.9. The Balaban J connectivity index is 1.03. The number of carbonyl (C=O) groups is 2. The number of imide groups is 1. The summed E-state index contributed by atoms with van der Waals surface area (Å²) in [7, 11) is 0. The van der Waals surface area contributed by atoms with Crippen molar-refractivity contribution in [2.24, 2.45) is 5.92 Å². The van der Waals surface area contributed by atoms with Gasteiger partial charge in [-0.3, -0.25) is 24.9 Å². The molecule has 1 aromatic carbocycles. The zero-order valence-electron chi connectivity index (χ0n) is 22.1. The summed E-state index contributed by atoms with van der Waals surface area (Å²) in [6.07, 6.45) is 10.7. The summed E-state index contributed by atoms with van der Waals surface area (Å²) in [5.74, 6) is 0.734. The topological polar surface area (TPSA) is 137 Å². The second-order valence-electron chi connectivity index (χ2n) is 9.95. The van der Waals surface area contributed by atoms with Gasteiger partial charge < -0.3 is 10.2 Å². The molecule has 2 N–H and O–H groups in total. The fourth-order valence-electron chi connectivity index (χ4n) is 5.14. The quantitative estimate of drug-likeness (QED) is 0.314. The Morgan fingerprint density at radius 2 is 2.00 bits per heavy atom. The highest BCUT2D eigenvalue weighted by atomic mass is 32.2. The van der Waals surface area contributed by atoms with Gasteiger partial charge in [-0.05, 0) is 72.3 Å². The van der Waals surface area contributed by atoms with Crippen LogP contribution in [0.4, 0.5) is 10.7 Å². The van der Waals surface area contributed by atoms with Crippen molar-refractivity contribution < 1.29 is 9.59 Å². The van der Waals surface area contributed by atoms with E-state index in [0.29, 0.717) is 40.3 Å². The molecule has 0 radical (unpaired) electrons. The number of nitriles is 1. The molecule has 2 aliphatic rings. The van der Waals surface area contributed by atoms with E-state index in [1.54, 1.807) is 24.5 Å². The Morgan fingerprint density at radius 1 is 1.12 bits per heavy atom. The van der Waals surface area contributed by atoms with Crippen LogP contribution in [0.15, 0.2) is 66.1 Å². The molecule has 3 aromatic heterocycles. The van der Waals surface area contributed by atoms with Crippen LogP contribution in [0.3, 0.4) is 0 Å². The maximum atomic E-state index is 11.8. The van der Waals surface area contributed by atoms with E-state index in [9.17, 15) is 14.9 Å². The van der Waals surface area contributed by atoms with Gasteiger partial charge in [0.25, 0.3) is 11.1 Å². The van der Waals surface area contributed by atoms with Crippen LogP contribution in [0.5, 0.6) is 0 Å². The van der Waals surface area contributed by atoms with Crippen molar-refractivity contribution >= 4 is 45.7 Å². The summed E-state index contributed by atoms with van der Waals surface area (Å²) in [6, 6.07) is 13.9. The lowest BCUT2D eigenvalue weighted by Crippen LogP contribution is -2.38. The Hall–Kier alpha value is -4.66. The second kappa shape index (κ2) is 11.8. The van der Waals surface area contributed by atoms with Crippen LogP contribution < -0.4 is 15.5 Å². The first-order valence-corrected chi connectivity index (χ1v) is 14.1. The Labute approximate surface area is 240 Å². The molecule has 4 aromatic rings. The number of hydrogen-bond acceptors (Lipinski definition) is 10. The van der Waals surface area contributed by atoms with E-state index in [-0.39, 0.29) is 5.24 Å². The van der Waals surface area contributed by atoms with Crippen LogP contribution in [0, 0.1) is 17.2 Å². The van der Waals surface area contributed by atoms with Crippen molar-refractivity contribution in [1.82, 2.24) is 30.6 Å². The molecule has 204 valence electrons. The maximum absolute atomic E-state index is 11.8. The molecular formula is C30H26N8O2S. The fraction of sp³-hybridized carbons (Fsp3) is 0.233. The Kier molecular flexibility index (Phi) is 7.67. The number of piperidine rings is 1. The number of hydrogen-bond donors (Lipinski definition) is 2. The molecule has 0 atom stereocenters. The van der Waals surface area contributed by atoms with E-state index in [4.69, 9.17) is 0 Å². The number of carbonyl (C=O) groups excluding carboxylic acids is 2. The number of aromatic nitrogens is 4. The fourth-order valence-corrected chi connectivity index (χ4v) is 5.81. The molecule has 5 heterocycles. The van der Waals surface area contributed by atoms with Gasteiger partial charge in [0.05, 0.1) is 21.9 Å². The number of pyridine rings is 2. The summed E-state index contributed by atoms with van der Waals surface area (Å²) in [6.45, 7) is 3.15. The zero-order chi connectivity index (χ0) is 28.2. The third-order valence-electron chi connectivity index (χ3n) is 7.25. The number of nitrogens with one attached hydrogen (secondary N) is 2. The minimum Gasteiger partial charge on any atom is -0.341 e. The Morgan fingerprint density at radius 3 is 2.80 bits per heavy atom. The standard InChI is InChI=1S/C30H26N8O2S/c31-14-22-12-20(17-35-27(22)25-3-1-2-21-18-32-8-5-24(21)25)16-33-15-19-6-10-38(11-7-19)29-34-9-4-23(36-29)13-26-28(39)37-30(40)41-26/h1-5,8-9,12-13,17-19,33H,6-7,10-11,15-16H2,(H,37,39,40)/b26-13-. The first kappa shape index (κ1) is 26.6. The molecule has 0 spiro atoms. The van der Waals surface area contributed by atoms with Crippen LogP contribution in [0.2, 0.25) is 0 Å². The first-order chi connectivity index (χ1) is 20.1. The summed E-state index contributed by atoms with van der Waals surface area (Å²) < 4.78 is 0. The molecule has 11 heteroatoms. The van der Waals surface area contributed by atoms with Crippen molar-refractivity contribution in [2.75, 3.05) is 24.5 Å². The number of benzene rings is 1. The SMILES string of the molecule is N#Cc1cc(CNCC2CCN(c3nccc(/C=C4\SC(=O)NC4=O)n3)CC2)cnc1-c1cccc2cnccc12. The number of rotatable bonds is 7. The van der Waals surface area contributed by atoms with Gasteiger partial charge in [0.15, 0.2) is 0 Å². The molecule has 0 unspecified atom stereocenters. The van der Waals surface area contributed by atoms with E-state index in [2.05, 4.69) is 41.5 Å². The molecule has 0 aliphatic carbocycles. The predicted octanol–water partition coefficient (Wildman–Crippen LogP) is 4.29. The monoisotopic (exact) mass is 562 g/mol. The van der Waals surface area contributed by atoms with Gasteiger partial charge >= 0.3 is 0 Å². The molecule has 41 heavy (non-hydrogen) atoms. The minimum atomic E-state index is -0.397. The number of amides is 2. The average Bonchev–Trinajstić information content (AvgIpc) is 3.33. The highest BCUT2D eigenvalue weighted by Crippen LogP contribution is 2.30. The number of thioether (sulfide) groups is 1. The van der Waals surface area contributed by atoms with Crippen molar-refractivity contribution in [2.45, 2.75) is 19.4 Å². The van der Waals surface area contributed by atoms with Gasteiger partial charge in [0.1, 0.15) is 6.07 Å². The second-order valence-corrected chi connectivity index (χ2v) is 11.0. The van der Waals surface area contributed by atoms with E-state index in [1.165, 1.54) is 0 Å². The van der Waals surface area contributed by atoms with Crippen molar-refractivity contribution in [3.05, 3.63) is 82.9 Å². The summed E-state index contributed by atoms with van der Waals surface area (Å²) in [4.78, 5) is 43.6. The molecule has 6 rings (SSSR count). The molecule has 2 saturated heterocycles. The van der Waals surface area contributed by atoms with Crippen molar-refractivity contribution in [3.8, 4) is 17.3 Å². The van der Waals surface area contributed by atoms with Gasteiger partial charge in [-0.15, -0.1) is 0 Å². The van der Waals surface area contributed by atoms with Gasteiger partial charge in [-0.25, -0.2) is 9.97 Å². The van der Waals surface area contributed by atoms with Crippen LogP contribution in [0.25, 0.3) is 28.1 Å². The van der Waals surface area contributed by atoms with Gasteiger partial charge in [-0.2, -0.15) is 5.26 Å². The molecule has 0 saturated carbocycles. The number of fused-ring (bicyclic) bond motifs is 1. The number of anilines is 1. The third-order valence-corrected chi connectivity index (χ3v) is 8.06. The first-order valence-electron chi connectivity index (χ1n) is 13.3. The lowest BCUT2D eigenvalue weighted by Gasteiger charge is -2.32. The smallest absolute Gasteiger partial charge is 0.290 e. The molecule has 0 bridgehead atoms. The van der Waals surface area contributed by atoms with Crippen LogP contribution >= 0.6 is 11.8 Å². The van der Waals surface area contributed by atoms with Crippen LogP contribution in [-0.4, -0.2) is 50.7 Å². The van der Waals surface area contributed by atoms with Crippen molar-refractivity contribution in [1.29, 1.82) is 5.26 Å². The summed E-state index contributed by atoms with van der Waals surface area (Å²) >= 11 is 0.877. The van der Waals surface area contributed by atoms with E-state index >= 15 is 0 Å². The van der Waals surface area contributed by atoms with Gasteiger partial charge in [0, 0.05) is 55.4 Å². The molecule has 2 amide bonds. The number of nitrogens with zero attached hydrogens (tertiary/aromatic N) is 6. The van der Waals surface area contributed by atoms with Crippen LogP contribution in [-0.2, 0) is 11.3 Å². The summed E-state index contributed by atoms with van der Waals surface area (Å²) in [5.41, 5.74) is 3.73. The maximum Gasteiger partial charge on any atom is 0.290 e. The van der Waals surface area contributed by atoms with E-state index in [1.807, 2.05) is 42.7 Å². The third kappa shape index (κ3) is 5.94. The lowest BCUT2D eigenvalue weighted by molar-refractivity contribution is -0.115. The van der Waals surface area contributed by atoms with Crippen LogP contribution in [0.1, 0.15) is 29.7 Å². The van der Waals surface area contributed by atoms with E-state index < -0.39 is 5.91 Å². The predicted molar refractivity (Wildman–Crippen MR) is 157 cm³/mol. The Bertz CT molecular complexity index is 1700. The van der Waals surface area contributed by atoms with Gasteiger partial charge in [-0.1, -0.05) is 18.2 Å². The normalized spacial score (nSPS) is 16.8. The highest BCUT2D eigenvalue weighted by molar-refractivity contribution is 8.18. The molecular weight excluding hydrogens is 536 g/mol. The molecule has 2 fully saturated rings. The van der Waals surface area contributed by atoms with Crippen molar-refractivity contribution in [3.63, 3.8) is 0 Å². The molecule has 2 aliphatic heterocycles. The molecule has 10 nitrogen and oxygen atoms in total. The lowest BCUT2D eigenvalue weighted by atomic mass is 9.97. The highest BCUT2D eigenvalue weighted by Gasteiger charge is 2.26. The average molecular weight is 563 g/mol. The summed E-state index contributed by atoms with van der Waals surface area (Å²) in [5, 5.41) is 17.3. The van der Waals surface area contributed by atoms with E-state index in [0.717, 1.165) is 66.1 Å². The minimum absolute atomic E-state index is 0.335. The largest absolute Gasteiger partial charge is 0.341 e.